The van der Waals surface area contributed by atoms with Crippen molar-refractivity contribution in [2.24, 2.45) is 5.92 Å². The van der Waals surface area contributed by atoms with Crippen molar-refractivity contribution in [2.75, 3.05) is 19.0 Å². The molecule has 1 N–H and O–H groups in total. The Hall–Kier alpha value is -2.25. The van der Waals surface area contributed by atoms with Crippen LogP contribution in [0.4, 0.5) is 0 Å². The van der Waals surface area contributed by atoms with E-state index in [2.05, 4.69) is 9.71 Å². The highest BCUT2D eigenvalue weighted by Crippen LogP contribution is 2.18. The molecule has 0 aliphatic carbocycles. The molecule has 1 aromatic heterocycles. The number of hydrogen-bond acceptors (Lipinski definition) is 5. The summed E-state index contributed by atoms with van der Waals surface area (Å²) in [6.45, 7) is 0.995. The summed E-state index contributed by atoms with van der Waals surface area (Å²) in [4.78, 5) is 16.0. The van der Waals surface area contributed by atoms with E-state index in [4.69, 9.17) is 4.74 Å². The Kier molecular flexibility index (Phi) is 4.92. The van der Waals surface area contributed by atoms with Gasteiger partial charge in [-0.25, -0.2) is 13.1 Å². The van der Waals surface area contributed by atoms with E-state index in [9.17, 15) is 13.2 Å². The molecule has 0 saturated carbocycles. The Labute approximate surface area is 140 Å². The summed E-state index contributed by atoms with van der Waals surface area (Å²) < 4.78 is 31.2. The Morgan fingerprint density at radius 3 is 2.96 bits per heavy atom. The third kappa shape index (κ3) is 4.18. The highest BCUT2D eigenvalue weighted by atomic mass is 32.2. The predicted octanol–water partition coefficient (Wildman–Crippen LogP) is 1.73. The molecule has 1 aliphatic rings. The molecule has 1 atom stereocenters. The topological polar surface area (TPSA) is 85.4 Å². The van der Waals surface area contributed by atoms with Crippen LogP contribution in [0.3, 0.4) is 0 Å². The number of amides is 1. The van der Waals surface area contributed by atoms with Gasteiger partial charge in [0.2, 0.25) is 10.0 Å². The smallest absolute Gasteiger partial charge is 0.257 e. The Balaban J connectivity index is 1.68. The first-order valence-corrected chi connectivity index (χ1v) is 9.32. The third-order valence-electron chi connectivity index (χ3n) is 3.85. The van der Waals surface area contributed by atoms with Gasteiger partial charge in [-0.2, -0.15) is 0 Å². The molecule has 1 aliphatic heterocycles. The van der Waals surface area contributed by atoms with Crippen molar-refractivity contribution in [3.8, 4) is 0 Å². The number of rotatable bonds is 5. The molecule has 7 heteroatoms. The fourth-order valence-electron chi connectivity index (χ4n) is 2.69. The fourth-order valence-corrected chi connectivity index (χ4v) is 4.03. The van der Waals surface area contributed by atoms with E-state index < -0.39 is 15.9 Å². The molecule has 1 aromatic carbocycles. The largest absolute Gasteiger partial charge is 0.381 e. The van der Waals surface area contributed by atoms with Gasteiger partial charge in [-0.3, -0.25) is 9.78 Å². The number of pyridine rings is 1. The second kappa shape index (κ2) is 7.11. The second-order valence-electron chi connectivity index (χ2n) is 5.76. The number of nitrogens with zero attached hydrogens (tertiary/aromatic N) is 1. The van der Waals surface area contributed by atoms with Crippen molar-refractivity contribution in [3.05, 3.63) is 48.3 Å². The molecule has 2 aromatic rings. The third-order valence-corrected chi connectivity index (χ3v) is 5.27. The van der Waals surface area contributed by atoms with Crippen LogP contribution in [0.5, 0.6) is 0 Å². The van der Waals surface area contributed by atoms with Crippen LogP contribution in [-0.2, 0) is 19.6 Å². The summed E-state index contributed by atoms with van der Waals surface area (Å²) in [6, 6.07) is 7.65. The van der Waals surface area contributed by atoms with Gasteiger partial charge in [-0.15, -0.1) is 0 Å². The van der Waals surface area contributed by atoms with Gasteiger partial charge in [-0.05, 0) is 17.9 Å². The Bertz CT molecular complexity index is 866. The maximum absolute atomic E-state index is 12.0. The number of ether oxygens (including phenoxy) is 1. The summed E-state index contributed by atoms with van der Waals surface area (Å²) >= 11 is 0. The number of nitrogens with one attached hydrogen (secondary N) is 1. The zero-order chi connectivity index (χ0) is 17.0. The highest BCUT2D eigenvalue weighted by molar-refractivity contribution is 7.90. The highest BCUT2D eigenvalue weighted by Gasteiger charge is 2.23. The molecular formula is C17H18N2O4S. The average molecular weight is 346 g/mol. The van der Waals surface area contributed by atoms with Crippen LogP contribution in [0.15, 0.2) is 42.7 Å². The van der Waals surface area contributed by atoms with Gasteiger partial charge >= 0.3 is 0 Å². The van der Waals surface area contributed by atoms with E-state index in [-0.39, 0.29) is 11.7 Å². The van der Waals surface area contributed by atoms with E-state index in [0.717, 1.165) is 16.3 Å². The molecule has 1 saturated heterocycles. The standard InChI is InChI=1S/C17H18N2O4S/c20-17(19-24(21,22)12-13-7-8-23-11-13)6-5-15-10-18-9-14-3-1-2-4-16(14)15/h1-6,9-10,13H,7-8,11-12H2,(H,19,20)/b6-5+. The van der Waals surface area contributed by atoms with E-state index in [1.807, 2.05) is 24.3 Å². The quantitative estimate of drug-likeness (QED) is 0.834. The normalized spacial score (nSPS) is 18.2. The number of hydrogen-bond donors (Lipinski definition) is 1. The summed E-state index contributed by atoms with van der Waals surface area (Å²) in [5.41, 5.74) is 0.754. The van der Waals surface area contributed by atoms with Crippen LogP contribution in [-0.4, -0.2) is 38.3 Å². The van der Waals surface area contributed by atoms with E-state index in [1.165, 1.54) is 6.08 Å². The van der Waals surface area contributed by atoms with Crippen molar-refractivity contribution < 1.29 is 17.9 Å². The molecule has 1 amide bonds. The molecule has 2 heterocycles. The summed E-state index contributed by atoms with van der Waals surface area (Å²) in [5.74, 6) is -0.814. The maximum atomic E-state index is 12.0. The van der Waals surface area contributed by atoms with Gasteiger partial charge in [0.1, 0.15) is 0 Å². The molecule has 0 radical (unpaired) electrons. The Morgan fingerprint density at radius 1 is 1.33 bits per heavy atom. The lowest BCUT2D eigenvalue weighted by molar-refractivity contribution is -0.114. The number of benzene rings is 1. The molecule has 6 nitrogen and oxygen atoms in total. The van der Waals surface area contributed by atoms with Crippen molar-refractivity contribution in [2.45, 2.75) is 6.42 Å². The first-order valence-electron chi connectivity index (χ1n) is 7.66. The van der Waals surface area contributed by atoms with Crippen LogP contribution < -0.4 is 4.72 Å². The average Bonchev–Trinajstić information content (AvgIpc) is 3.04. The van der Waals surface area contributed by atoms with Crippen LogP contribution in [0, 0.1) is 5.92 Å². The molecule has 1 fully saturated rings. The van der Waals surface area contributed by atoms with Crippen molar-refractivity contribution in [3.63, 3.8) is 0 Å². The van der Waals surface area contributed by atoms with Crippen LogP contribution in [0.2, 0.25) is 0 Å². The van der Waals surface area contributed by atoms with Crippen LogP contribution in [0.1, 0.15) is 12.0 Å². The minimum absolute atomic E-state index is 0.0541. The first kappa shape index (κ1) is 16.6. The van der Waals surface area contributed by atoms with E-state index >= 15 is 0 Å². The van der Waals surface area contributed by atoms with Gasteiger partial charge in [0.25, 0.3) is 5.91 Å². The van der Waals surface area contributed by atoms with Crippen molar-refractivity contribution in [1.82, 2.24) is 9.71 Å². The molecule has 0 spiro atoms. The van der Waals surface area contributed by atoms with E-state index in [0.29, 0.717) is 19.6 Å². The number of fused-ring (bicyclic) bond motifs is 1. The van der Waals surface area contributed by atoms with Gasteiger partial charge in [-0.1, -0.05) is 24.3 Å². The van der Waals surface area contributed by atoms with Gasteiger partial charge < -0.3 is 4.74 Å². The number of aromatic nitrogens is 1. The first-order chi connectivity index (χ1) is 11.5. The molecule has 0 bridgehead atoms. The lowest BCUT2D eigenvalue weighted by atomic mass is 10.1. The monoisotopic (exact) mass is 346 g/mol. The summed E-state index contributed by atoms with van der Waals surface area (Å²) in [6.07, 6.45) is 6.86. The maximum Gasteiger partial charge on any atom is 0.257 e. The van der Waals surface area contributed by atoms with Crippen molar-refractivity contribution >= 4 is 32.8 Å². The molecular weight excluding hydrogens is 328 g/mol. The van der Waals surface area contributed by atoms with Crippen LogP contribution >= 0.6 is 0 Å². The number of sulfonamides is 1. The van der Waals surface area contributed by atoms with Gasteiger partial charge in [0.05, 0.1) is 12.4 Å². The molecule has 126 valence electrons. The zero-order valence-electron chi connectivity index (χ0n) is 13.0. The summed E-state index contributed by atoms with van der Waals surface area (Å²) in [5, 5.41) is 1.90. The van der Waals surface area contributed by atoms with E-state index in [1.54, 1.807) is 18.5 Å². The van der Waals surface area contributed by atoms with Crippen LogP contribution in [0.25, 0.3) is 16.8 Å². The Morgan fingerprint density at radius 2 is 2.17 bits per heavy atom. The second-order valence-corrected chi connectivity index (χ2v) is 7.53. The lowest BCUT2D eigenvalue weighted by Crippen LogP contribution is -2.33. The number of carbonyl (C=O) groups is 1. The number of carbonyl (C=O) groups excluding carboxylic acids is 1. The minimum atomic E-state index is -3.66. The van der Waals surface area contributed by atoms with Gasteiger partial charge in [0.15, 0.2) is 0 Å². The lowest BCUT2D eigenvalue weighted by Gasteiger charge is -2.08. The SMILES string of the molecule is O=C(/C=C/c1cncc2ccccc12)NS(=O)(=O)CC1CCOC1. The molecule has 3 rings (SSSR count). The fraction of sp³-hybridized carbons (Fsp3) is 0.294. The van der Waals surface area contributed by atoms with Gasteiger partial charge in [0, 0.05) is 41.9 Å². The molecule has 24 heavy (non-hydrogen) atoms. The molecule has 1 unspecified atom stereocenters. The minimum Gasteiger partial charge on any atom is -0.381 e. The predicted molar refractivity (Wildman–Crippen MR) is 91.6 cm³/mol. The summed E-state index contributed by atoms with van der Waals surface area (Å²) in [7, 11) is -3.66. The van der Waals surface area contributed by atoms with Crippen molar-refractivity contribution in [1.29, 1.82) is 0 Å². The zero-order valence-corrected chi connectivity index (χ0v) is 13.8.